The van der Waals surface area contributed by atoms with E-state index in [0.29, 0.717) is 6.61 Å². The van der Waals surface area contributed by atoms with Gasteiger partial charge in [0, 0.05) is 6.07 Å². The molecule has 1 aromatic carbocycles. The van der Waals surface area contributed by atoms with Gasteiger partial charge >= 0.3 is 5.69 Å². The van der Waals surface area contributed by atoms with E-state index in [9.17, 15) is 14.5 Å². The Morgan fingerprint density at radius 1 is 1.64 bits per heavy atom. The topological polar surface area (TPSA) is 52.4 Å². The zero-order chi connectivity index (χ0) is 10.7. The monoisotopic (exact) mass is 219 g/mol. The largest absolute Gasteiger partial charge is 0.492 e. The maximum absolute atomic E-state index is 13.2. The molecule has 1 aromatic rings. The second-order valence-corrected chi connectivity index (χ2v) is 2.78. The molecule has 0 radical (unpaired) electrons. The minimum atomic E-state index is -1.07. The van der Waals surface area contributed by atoms with Gasteiger partial charge in [-0.3, -0.25) is 10.1 Å². The highest BCUT2D eigenvalue weighted by molar-refractivity contribution is 6.32. The van der Waals surface area contributed by atoms with Gasteiger partial charge in [0.05, 0.1) is 11.5 Å². The van der Waals surface area contributed by atoms with Crippen molar-refractivity contribution < 1.29 is 14.1 Å². The van der Waals surface area contributed by atoms with Crippen LogP contribution >= 0.6 is 11.6 Å². The van der Waals surface area contributed by atoms with Crippen LogP contribution in [-0.2, 0) is 0 Å². The van der Waals surface area contributed by atoms with Crippen LogP contribution in [0.4, 0.5) is 10.1 Å². The number of halogens is 2. The zero-order valence-corrected chi connectivity index (χ0v) is 8.05. The molecule has 0 amide bonds. The number of nitrogens with zero attached hydrogens (tertiary/aromatic N) is 1. The molecule has 0 spiro atoms. The number of hydrogen-bond acceptors (Lipinski definition) is 3. The molecule has 0 unspecified atom stereocenters. The number of benzene rings is 1. The van der Waals surface area contributed by atoms with Crippen molar-refractivity contribution in [3.05, 3.63) is 33.1 Å². The third kappa shape index (κ3) is 1.93. The number of ether oxygens (including phenoxy) is 1. The molecule has 0 aliphatic rings. The van der Waals surface area contributed by atoms with Crippen LogP contribution in [0.25, 0.3) is 0 Å². The average Bonchev–Trinajstić information content (AvgIpc) is 2.13. The molecule has 1 rings (SSSR count). The van der Waals surface area contributed by atoms with E-state index in [1.54, 1.807) is 6.92 Å². The number of rotatable bonds is 3. The van der Waals surface area contributed by atoms with Crippen LogP contribution in [0.3, 0.4) is 0 Å². The summed E-state index contributed by atoms with van der Waals surface area (Å²) in [5, 5.41) is 9.95. The fraction of sp³-hybridized carbons (Fsp3) is 0.250. The Kier molecular flexibility index (Phi) is 3.24. The molecular weight excluding hydrogens is 213 g/mol. The highest BCUT2D eigenvalue weighted by Gasteiger charge is 2.20. The van der Waals surface area contributed by atoms with E-state index in [1.807, 2.05) is 0 Å². The maximum Gasteiger partial charge on any atom is 0.306 e. The zero-order valence-electron chi connectivity index (χ0n) is 7.29. The van der Waals surface area contributed by atoms with Crippen molar-refractivity contribution in [3.63, 3.8) is 0 Å². The standard InChI is InChI=1S/C8H7ClFNO3/c1-2-14-6-4-3-5(11(12)13)8(10)7(6)9/h3-4H,2H2,1H3. The Bertz CT molecular complexity index is 370. The van der Waals surface area contributed by atoms with E-state index in [4.69, 9.17) is 16.3 Å². The van der Waals surface area contributed by atoms with Crippen molar-refractivity contribution in [3.8, 4) is 5.75 Å². The first-order valence-electron chi connectivity index (χ1n) is 3.83. The van der Waals surface area contributed by atoms with Crippen molar-refractivity contribution in [2.75, 3.05) is 6.61 Å². The van der Waals surface area contributed by atoms with E-state index in [2.05, 4.69) is 0 Å². The summed E-state index contributed by atoms with van der Waals surface area (Å²) in [6.07, 6.45) is 0. The van der Waals surface area contributed by atoms with Gasteiger partial charge in [0.2, 0.25) is 5.82 Å². The van der Waals surface area contributed by atoms with Crippen LogP contribution < -0.4 is 4.74 Å². The Labute approximate surface area is 84.4 Å². The summed E-state index contributed by atoms with van der Waals surface area (Å²) in [7, 11) is 0. The molecule has 76 valence electrons. The van der Waals surface area contributed by atoms with Crippen molar-refractivity contribution in [1.29, 1.82) is 0 Å². The van der Waals surface area contributed by atoms with Gasteiger partial charge in [-0.05, 0) is 13.0 Å². The lowest BCUT2D eigenvalue weighted by Crippen LogP contribution is -1.97. The summed E-state index contributed by atoms with van der Waals surface area (Å²) < 4.78 is 18.1. The number of nitro benzene ring substituents is 1. The van der Waals surface area contributed by atoms with Gasteiger partial charge in [0.1, 0.15) is 10.8 Å². The second kappa shape index (κ2) is 4.23. The first kappa shape index (κ1) is 10.7. The summed E-state index contributed by atoms with van der Waals surface area (Å²) in [6.45, 7) is 2.02. The molecule has 6 heteroatoms. The quantitative estimate of drug-likeness (QED) is 0.580. The molecule has 14 heavy (non-hydrogen) atoms. The Balaban J connectivity index is 3.19. The fourth-order valence-electron chi connectivity index (χ4n) is 0.930. The lowest BCUT2D eigenvalue weighted by Gasteiger charge is -2.05. The molecule has 0 aliphatic heterocycles. The first-order valence-corrected chi connectivity index (χ1v) is 4.21. The molecule has 4 nitrogen and oxygen atoms in total. The molecule has 0 aliphatic carbocycles. The van der Waals surface area contributed by atoms with Crippen molar-refractivity contribution in [2.24, 2.45) is 0 Å². The van der Waals surface area contributed by atoms with Crippen LogP contribution in [-0.4, -0.2) is 11.5 Å². The highest BCUT2D eigenvalue weighted by atomic mass is 35.5. The summed E-state index contributed by atoms with van der Waals surface area (Å²) in [4.78, 5) is 9.47. The number of hydrogen-bond donors (Lipinski definition) is 0. The van der Waals surface area contributed by atoms with Gasteiger partial charge < -0.3 is 4.74 Å². The van der Waals surface area contributed by atoms with E-state index < -0.39 is 16.4 Å². The fourth-order valence-corrected chi connectivity index (χ4v) is 1.14. The molecule has 0 saturated heterocycles. The molecule has 0 atom stereocenters. The minimum absolute atomic E-state index is 0.109. The summed E-state index contributed by atoms with van der Waals surface area (Å²) >= 11 is 5.52. The van der Waals surface area contributed by atoms with E-state index >= 15 is 0 Å². The van der Waals surface area contributed by atoms with Crippen LogP contribution in [0.1, 0.15) is 6.92 Å². The summed E-state index contributed by atoms with van der Waals surface area (Å²) in [6, 6.07) is 2.29. The predicted molar refractivity (Wildman–Crippen MR) is 49.2 cm³/mol. The minimum Gasteiger partial charge on any atom is -0.492 e. The summed E-state index contributed by atoms with van der Waals surface area (Å²) in [5.41, 5.74) is -0.654. The third-order valence-corrected chi connectivity index (χ3v) is 1.88. The molecule has 0 N–H and O–H groups in total. The average molecular weight is 220 g/mol. The van der Waals surface area contributed by atoms with Gasteiger partial charge in [-0.2, -0.15) is 4.39 Å². The van der Waals surface area contributed by atoms with Gasteiger partial charge in [-0.25, -0.2) is 0 Å². The third-order valence-electron chi connectivity index (χ3n) is 1.52. The Morgan fingerprint density at radius 3 is 2.79 bits per heavy atom. The Hall–Kier alpha value is -1.36. The van der Waals surface area contributed by atoms with Gasteiger partial charge in [-0.15, -0.1) is 0 Å². The van der Waals surface area contributed by atoms with E-state index in [-0.39, 0.29) is 10.8 Å². The SMILES string of the molecule is CCOc1ccc([N+](=O)[O-])c(F)c1Cl. The molecule has 0 aromatic heterocycles. The van der Waals surface area contributed by atoms with Gasteiger partial charge in [-0.1, -0.05) is 11.6 Å². The Morgan fingerprint density at radius 2 is 2.29 bits per heavy atom. The van der Waals surface area contributed by atoms with Crippen molar-refractivity contribution in [2.45, 2.75) is 6.92 Å². The molecular formula is C8H7ClFNO3. The van der Waals surface area contributed by atoms with Crippen LogP contribution in [0.15, 0.2) is 12.1 Å². The van der Waals surface area contributed by atoms with Crippen LogP contribution in [0, 0.1) is 15.9 Å². The van der Waals surface area contributed by atoms with Gasteiger partial charge in [0.25, 0.3) is 0 Å². The smallest absolute Gasteiger partial charge is 0.306 e. The molecule has 0 bridgehead atoms. The van der Waals surface area contributed by atoms with Crippen LogP contribution in [0.2, 0.25) is 5.02 Å². The maximum atomic E-state index is 13.2. The second-order valence-electron chi connectivity index (χ2n) is 2.40. The number of nitro groups is 1. The summed E-state index contributed by atoms with van der Waals surface area (Å²) in [5.74, 6) is -0.958. The highest BCUT2D eigenvalue weighted by Crippen LogP contribution is 2.32. The molecule has 0 heterocycles. The first-order chi connectivity index (χ1) is 6.57. The lowest BCUT2D eigenvalue weighted by molar-refractivity contribution is -0.387. The molecule has 0 fully saturated rings. The van der Waals surface area contributed by atoms with E-state index in [0.717, 1.165) is 6.07 Å². The van der Waals surface area contributed by atoms with Crippen LogP contribution in [0.5, 0.6) is 5.75 Å². The van der Waals surface area contributed by atoms with Gasteiger partial charge in [0.15, 0.2) is 0 Å². The molecule has 0 saturated carbocycles. The van der Waals surface area contributed by atoms with E-state index in [1.165, 1.54) is 6.07 Å². The van der Waals surface area contributed by atoms with Crippen molar-refractivity contribution in [1.82, 2.24) is 0 Å². The lowest BCUT2D eigenvalue weighted by atomic mass is 10.3. The predicted octanol–water partition coefficient (Wildman–Crippen LogP) is 2.79. The van der Waals surface area contributed by atoms with Crippen molar-refractivity contribution >= 4 is 17.3 Å². The normalized spacial score (nSPS) is 9.93.